The molecule has 1 aliphatic heterocycles. The molecule has 21 heavy (non-hydrogen) atoms. The third-order valence-corrected chi connectivity index (χ3v) is 4.88. The van der Waals surface area contributed by atoms with Gasteiger partial charge in [-0.25, -0.2) is 0 Å². The topological polar surface area (TPSA) is 20.3 Å². The lowest BCUT2D eigenvalue weighted by molar-refractivity contribution is -0.117. The first-order chi connectivity index (χ1) is 10.3. The maximum Gasteiger partial charge on any atom is 0.240 e. The van der Waals surface area contributed by atoms with Crippen LogP contribution in [-0.4, -0.2) is 17.7 Å². The smallest absolute Gasteiger partial charge is 0.240 e. The van der Waals surface area contributed by atoms with Crippen LogP contribution in [0.1, 0.15) is 18.9 Å². The maximum absolute atomic E-state index is 12.8. The summed E-state index contributed by atoms with van der Waals surface area (Å²) < 4.78 is 0. The number of thioether (sulfide) groups is 1. The average molecular weight is 297 g/mol. The highest BCUT2D eigenvalue weighted by Crippen LogP contribution is 2.30. The third kappa shape index (κ3) is 3.13. The van der Waals surface area contributed by atoms with Gasteiger partial charge in [0.05, 0.1) is 5.25 Å². The molecule has 3 rings (SSSR count). The number of anilines is 1. The van der Waals surface area contributed by atoms with Gasteiger partial charge in [-0.1, -0.05) is 36.4 Å². The molecule has 0 unspecified atom stereocenters. The quantitative estimate of drug-likeness (QED) is 0.793. The molecule has 1 atom stereocenters. The summed E-state index contributed by atoms with van der Waals surface area (Å²) in [6.07, 6.45) is 2.12. The molecule has 0 saturated heterocycles. The van der Waals surface area contributed by atoms with Crippen molar-refractivity contribution in [2.45, 2.75) is 29.9 Å². The Hall–Kier alpha value is -1.74. The summed E-state index contributed by atoms with van der Waals surface area (Å²) in [5.41, 5.74) is 2.38. The lowest BCUT2D eigenvalue weighted by Gasteiger charge is -2.31. The fourth-order valence-electron chi connectivity index (χ4n) is 2.74. The van der Waals surface area contributed by atoms with Crippen LogP contribution in [0.4, 0.5) is 5.69 Å². The van der Waals surface area contributed by atoms with Crippen molar-refractivity contribution in [3.63, 3.8) is 0 Å². The van der Waals surface area contributed by atoms with Crippen LogP contribution >= 0.6 is 11.8 Å². The van der Waals surface area contributed by atoms with Crippen LogP contribution in [0.3, 0.4) is 0 Å². The minimum atomic E-state index is -0.0708. The van der Waals surface area contributed by atoms with Crippen LogP contribution in [0.25, 0.3) is 0 Å². The van der Waals surface area contributed by atoms with E-state index >= 15 is 0 Å². The van der Waals surface area contributed by atoms with E-state index in [4.69, 9.17) is 0 Å². The number of benzene rings is 2. The van der Waals surface area contributed by atoms with Gasteiger partial charge in [-0.05, 0) is 43.5 Å². The number of hydrogen-bond donors (Lipinski definition) is 0. The minimum absolute atomic E-state index is 0.0708. The molecule has 1 heterocycles. The van der Waals surface area contributed by atoms with Gasteiger partial charge in [0.15, 0.2) is 0 Å². The molecular formula is C18H19NOS. The van der Waals surface area contributed by atoms with Crippen LogP contribution in [0.5, 0.6) is 0 Å². The van der Waals surface area contributed by atoms with Gasteiger partial charge in [-0.3, -0.25) is 4.79 Å². The van der Waals surface area contributed by atoms with Crippen molar-refractivity contribution in [2.24, 2.45) is 0 Å². The fourth-order valence-corrected chi connectivity index (χ4v) is 3.69. The van der Waals surface area contributed by atoms with Crippen LogP contribution in [0.2, 0.25) is 0 Å². The predicted molar refractivity (Wildman–Crippen MR) is 88.9 cm³/mol. The first kappa shape index (κ1) is 14.2. The zero-order valence-corrected chi connectivity index (χ0v) is 13.0. The van der Waals surface area contributed by atoms with Gasteiger partial charge in [0.1, 0.15) is 0 Å². The fraction of sp³-hybridized carbons (Fsp3) is 0.278. The molecule has 0 spiro atoms. The summed E-state index contributed by atoms with van der Waals surface area (Å²) in [6, 6.07) is 18.4. The van der Waals surface area contributed by atoms with Gasteiger partial charge in [0, 0.05) is 17.1 Å². The summed E-state index contributed by atoms with van der Waals surface area (Å²) in [4.78, 5) is 15.9. The van der Waals surface area contributed by atoms with Gasteiger partial charge in [0.2, 0.25) is 5.91 Å². The largest absolute Gasteiger partial charge is 0.311 e. The Labute approximate surface area is 130 Å². The Morgan fingerprint density at radius 1 is 1.10 bits per heavy atom. The summed E-state index contributed by atoms with van der Waals surface area (Å²) in [5, 5.41) is -0.0708. The zero-order chi connectivity index (χ0) is 14.7. The van der Waals surface area contributed by atoms with Crippen molar-refractivity contribution in [1.82, 2.24) is 0 Å². The number of para-hydroxylation sites is 1. The van der Waals surface area contributed by atoms with E-state index in [0.717, 1.165) is 30.0 Å². The Balaban J connectivity index is 1.77. The number of nitrogens with zero attached hydrogens (tertiary/aromatic N) is 1. The van der Waals surface area contributed by atoms with Gasteiger partial charge < -0.3 is 4.90 Å². The predicted octanol–water partition coefficient (Wildman–Crippen LogP) is 4.15. The lowest BCUT2D eigenvalue weighted by Crippen LogP contribution is -2.40. The number of hydrogen-bond acceptors (Lipinski definition) is 2. The molecule has 0 fully saturated rings. The molecule has 0 saturated carbocycles. The standard InChI is InChI=1S/C18H19NOS/c1-14(21-16-10-3-2-4-11-16)18(20)19-13-7-9-15-8-5-6-12-17(15)19/h2-6,8,10-12,14H,7,9,13H2,1H3/t14-/m0/s1. The van der Waals surface area contributed by atoms with E-state index in [1.807, 2.05) is 36.1 Å². The highest BCUT2D eigenvalue weighted by molar-refractivity contribution is 8.00. The van der Waals surface area contributed by atoms with E-state index in [9.17, 15) is 4.79 Å². The Morgan fingerprint density at radius 3 is 2.62 bits per heavy atom. The summed E-state index contributed by atoms with van der Waals surface area (Å²) in [6.45, 7) is 2.83. The first-order valence-corrected chi connectivity index (χ1v) is 8.24. The van der Waals surface area contributed by atoms with E-state index in [-0.39, 0.29) is 11.2 Å². The Morgan fingerprint density at radius 2 is 1.81 bits per heavy atom. The molecule has 0 N–H and O–H groups in total. The molecule has 3 heteroatoms. The molecular weight excluding hydrogens is 278 g/mol. The number of amides is 1. The lowest BCUT2D eigenvalue weighted by atomic mass is 10.0. The van der Waals surface area contributed by atoms with Gasteiger partial charge in [-0.15, -0.1) is 11.8 Å². The monoisotopic (exact) mass is 297 g/mol. The van der Waals surface area contributed by atoms with Gasteiger partial charge >= 0.3 is 0 Å². The van der Waals surface area contributed by atoms with Crippen molar-refractivity contribution in [2.75, 3.05) is 11.4 Å². The summed E-state index contributed by atoms with van der Waals surface area (Å²) >= 11 is 1.63. The molecule has 2 nitrogen and oxygen atoms in total. The van der Waals surface area contributed by atoms with Crippen LogP contribution in [0.15, 0.2) is 59.5 Å². The number of aryl methyl sites for hydroxylation is 1. The van der Waals surface area contributed by atoms with Crippen molar-refractivity contribution in [3.05, 3.63) is 60.2 Å². The SMILES string of the molecule is C[C@H](Sc1ccccc1)C(=O)N1CCCc2ccccc21. The highest BCUT2D eigenvalue weighted by Gasteiger charge is 2.26. The molecule has 1 aliphatic rings. The van der Waals surface area contributed by atoms with Crippen LogP contribution in [0, 0.1) is 0 Å². The minimum Gasteiger partial charge on any atom is -0.311 e. The second kappa shape index (κ2) is 6.35. The molecule has 2 aromatic carbocycles. The number of carbonyl (C=O) groups excluding carboxylic acids is 1. The molecule has 0 aliphatic carbocycles. The second-order valence-corrected chi connectivity index (χ2v) is 6.71. The molecule has 0 radical (unpaired) electrons. The van der Waals surface area contributed by atoms with Gasteiger partial charge in [0.25, 0.3) is 0 Å². The summed E-state index contributed by atoms with van der Waals surface area (Å²) in [5.74, 6) is 0.205. The number of fused-ring (bicyclic) bond motifs is 1. The average Bonchev–Trinajstić information content (AvgIpc) is 2.54. The maximum atomic E-state index is 12.8. The van der Waals surface area contributed by atoms with Crippen LogP contribution < -0.4 is 4.90 Å². The van der Waals surface area contributed by atoms with Crippen molar-refractivity contribution < 1.29 is 4.79 Å². The molecule has 0 bridgehead atoms. The molecule has 1 amide bonds. The third-order valence-electron chi connectivity index (χ3n) is 3.78. The van der Waals surface area contributed by atoms with Crippen LogP contribution in [-0.2, 0) is 11.2 Å². The normalized spacial score (nSPS) is 15.4. The first-order valence-electron chi connectivity index (χ1n) is 7.37. The molecule has 108 valence electrons. The van der Waals surface area contributed by atoms with E-state index in [1.165, 1.54) is 5.56 Å². The van der Waals surface area contributed by atoms with Gasteiger partial charge in [-0.2, -0.15) is 0 Å². The van der Waals surface area contributed by atoms with E-state index in [2.05, 4.69) is 30.3 Å². The van der Waals surface area contributed by atoms with E-state index < -0.39 is 0 Å². The number of carbonyl (C=O) groups is 1. The molecule has 0 aromatic heterocycles. The van der Waals surface area contributed by atoms with E-state index in [0.29, 0.717) is 0 Å². The van der Waals surface area contributed by atoms with E-state index in [1.54, 1.807) is 11.8 Å². The highest BCUT2D eigenvalue weighted by atomic mass is 32.2. The Kier molecular flexibility index (Phi) is 4.30. The summed E-state index contributed by atoms with van der Waals surface area (Å²) in [7, 11) is 0. The van der Waals surface area contributed by atoms with Crippen molar-refractivity contribution in [1.29, 1.82) is 0 Å². The zero-order valence-electron chi connectivity index (χ0n) is 12.2. The Bertz CT molecular complexity index is 626. The second-order valence-electron chi connectivity index (χ2n) is 5.30. The number of rotatable bonds is 3. The van der Waals surface area contributed by atoms with Crippen molar-refractivity contribution in [3.8, 4) is 0 Å². The molecule has 2 aromatic rings. The van der Waals surface area contributed by atoms with Crippen molar-refractivity contribution >= 4 is 23.4 Å².